The lowest BCUT2D eigenvalue weighted by atomic mass is 10.0. The van der Waals surface area contributed by atoms with Crippen LogP contribution in [0.4, 0.5) is 4.39 Å². The molecule has 2 heterocycles. The number of piperidine rings is 1. The summed E-state index contributed by atoms with van der Waals surface area (Å²) in [6.07, 6.45) is 4.01. The molecule has 1 saturated heterocycles. The number of hydrogen-bond donors (Lipinski definition) is 0. The Morgan fingerprint density at radius 3 is 3.16 bits per heavy atom. The van der Waals surface area contributed by atoms with Crippen LogP contribution in [0.5, 0.6) is 5.75 Å². The second-order valence-corrected chi connectivity index (χ2v) is 5.33. The maximum atomic E-state index is 13.2. The highest BCUT2D eigenvalue weighted by Gasteiger charge is 2.29. The van der Waals surface area contributed by atoms with Crippen LogP contribution in [0.3, 0.4) is 0 Å². The van der Waals surface area contributed by atoms with E-state index in [1.807, 2.05) is 0 Å². The van der Waals surface area contributed by atoms with Gasteiger partial charge in [0.2, 0.25) is 0 Å². The van der Waals surface area contributed by atoms with Crippen molar-refractivity contribution in [1.29, 1.82) is 5.26 Å². The zero-order chi connectivity index (χ0) is 13.2. The van der Waals surface area contributed by atoms with Crippen molar-refractivity contribution in [3.05, 3.63) is 29.6 Å². The molecule has 2 unspecified atom stereocenters. The zero-order valence-electron chi connectivity index (χ0n) is 10.8. The molecule has 0 aliphatic carbocycles. The van der Waals surface area contributed by atoms with Gasteiger partial charge in [0.05, 0.1) is 12.1 Å². The molecule has 0 aromatic heterocycles. The van der Waals surface area contributed by atoms with E-state index in [9.17, 15) is 4.39 Å². The SMILES string of the molecule is N#CC1CCCCN1CC1Cc2cc(F)ccc2O1. The Morgan fingerprint density at radius 2 is 2.32 bits per heavy atom. The van der Waals surface area contributed by atoms with Crippen molar-refractivity contribution in [3.63, 3.8) is 0 Å². The van der Waals surface area contributed by atoms with E-state index in [-0.39, 0.29) is 18.0 Å². The molecule has 2 aliphatic rings. The summed E-state index contributed by atoms with van der Waals surface area (Å²) in [7, 11) is 0. The van der Waals surface area contributed by atoms with Gasteiger partial charge >= 0.3 is 0 Å². The number of likely N-dealkylation sites (tertiary alicyclic amines) is 1. The molecule has 1 aromatic rings. The average Bonchev–Trinajstić information content (AvgIpc) is 2.80. The fourth-order valence-corrected chi connectivity index (χ4v) is 3.01. The third kappa shape index (κ3) is 2.57. The Kier molecular flexibility index (Phi) is 3.39. The first-order valence-electron chi connectivity index (χ1n) is 6.85. The summed E-state index contributed by atoms with van der Waals surface area (Å²) < 4.78 is 19.0. The van der Waals surface area contributed by atoms with Gasteiger partial charge in [0.15, 0.2) is 0 Å². The first kappa shape index (κ1) is 12.4. The number of ether oxygens (including phenoxy) is 1. The minimum absolute atomic E-state index is 0.0119. The van der Waals surface area contributed by atoms with E-state index < -0.39 is 0 Å². The van der Waals surface area contributed by atoms with Crippen molar-refractivity contribution < 1.29 is 9.13 Å². The summed E-state index contributed by atoms with van der Waals surface area (Å²) in [5.41, 5.74) is 0.940. The lowest BCUT2D eigenvalue weighted by Gasteiger charge is -2.32. The molecule has 19 heavy (non-hydrogen) atoms. The van der Waals surface area contributed by atoms with Crippen molar-refractivity contribution in [3.8, 4) is 11.8 Å². The van der Waals surface area contributed by atoms with Crippen LogP contribution in [0.1, 0.15) is 24.8 Å². The van der Waals surface area contributed by atoms with Crippen LogP contribution in [-0.4, -0.2) is 30.1 Å². The van der Waals surface area contributed by atoms with Crippen molar-refractivity contribution in [1.82, 2.24) is 4.90 Å². The van der Waals surface area contributed by atoms with Gasteiger partial charge in [-0.1, -0.05) is 0 Å². The van der Waals surface area contributed by atoms with E-state index >= 15 is 0 Å². The first-order valence-corrected chi connectivity index (χ1v) is 6.85. The third-order valence-corrected chi connectivity index (χ3v) is 3.96. The molecule has 0 N–H and O–H groups in total. The van der Waals surface area contributed by atoms with Crippen LogP contribution >= 0.6 is 0 Å². The number of rotatable bonds is 2. The van der Waals surface area contributed by atoms with Crippen LogP contribution < -0.4 is 4.74 Å². The van der Waals surface area contributed by atoms with Crippen LogP contribution in [0.25, 0.3) is 0 Å². The highest BCUT2D eigenvalue weighted by molar-refractivity contribution is 5.38. The molecule has 0 amide bonds. The molecule has 0 bridgehead atoms. The first-order chi connectivity index (χ1) is 9.26. The fourth-order valence-electron chi connectivity index (χ4n) is 3.01. The quantitative estimate of drug-likeness (QED) is 0.819. The minimum Gasteiger partial charge on any atom is -0.488 e. The van der Waals surface area contributed by atoms with E-state index in [1.54, 1.807) is 12.1 Å². The van der Waals surface area contributed by atoms with Crippen LogP contribution in [0.15, 0.2) is 18.2 Å². The summed E-state index contributed by atoms with van der Waals surface area (Å²) in [6, 6.07) is 7.06. The van der Waals surface area contributed by atoms with Gasteiger partial charge in [-0.05, 0) is 44.0 Å². The summed E-state index contributed by atoms with van der Waals surface area (Å²) >= 11 is 0. The van der Waals surface area contributed by atoms with Gasteiger partial charge in [0.25, 0.3) is 0 Å². The largest absolute Gasteiger partial charge is 0.488 e. The number of nitriles is 1. The molecule has 0 radical (unpaired) electrons. The Bertz CT molecular complexity index is 511. The molecule has 0 spiro atoms. The number of halogens is 1. The van der Waals surface area contributed by atoms with E-state index in [1.165, 1.54) is 6.07 Å². The van der Waals surface area contributed by atoms with Crippen LogP contribution in [-0.2, 0) is 6.42 Å². The van der Waals surface area contributed by atoms with Crippen molar-refractivity contribution in [2.75, 3.05) is 13.1 Å². The second kappa shape index (κ2) is 5.18. The number of fused-ring (bicyclic) bond motifs is 1. The minimum atomic E-state index is -0.212. The van der Waals surface area contributed by atoms with Gasteiger partial charge in [0.1, 0.15) is 17.7 Å². The smallest absolute Gasteiger partial charge is 0.123 e. The van der Waals surface area contributed by atoms with E-state index in [0.29, 0.717) is 0 Å². The Morgan fingerprint density at radius 1 is 1.42 bits per heavy atom. The summed E-state index contributed by atoms with van der Waals surface area (Å²) in [4.78, 5) is 2.20. The van der Waals surface area contributed by atoms with Gasteiger partial charge < -0.3 is 4.74 Å². The van der Waals surface area contributed by atoms with Crippen molar-refractivity contribution >= 4 is 0 Å². The highest BCUT2D eigenvalue weighted by atomic mass is 19.1. The molecular weight excluding hydrogens is 243 g/mol. The summed E-state index contributed by atoms with van der Waals surface area (Å²) in [6.45, 7) is 1.72. The topological polar surface area (TPSA) is 36.3 Å². The van der Waals surface area contributed by atoms with Crippen LogP contribution in [0, 0.1) is 17.1 Å². The lowest BCUT2D eigenvalue weighted by molar-refractivity contribution is 0.111. The molecule has 3 rings (SSSR count). The maximum Gasteiger partial charge on any atom is 0.123 e. The molecule has 2 aliphatic heterocycles. The molecule has 1 fully saturated rings. The van der Waals surface area contributed by atoms with E-state index in [0.717, 1.165) is 50.1 Å². The Balaban J connectivity index is 1.65. The third-order valence-electron chi connectivity index (χ3n) is 3.96. The molecule has 100 valence electrons. The summed E-state index contributed by atoms with van der Waals surface area (Å²) in [5.74, 6) is 0.577. The van der Waals surface area contributed by atoms with Crippen LogP contribution in [0.2, 0.25) is 0 Å². The van der Waals surface area contributed by atoms with Gasteiger partial charge in [0, 0.05) is 18.5 Å². The molecule has 0 saturated carbocycles. The number of benzene rings is 1. The highest BCUT2D eigenvalue weighted by Crippen LogP contribution is 2.30. The Labute approximate surface area is 112 Å². The van der Waals surface area contributed by atoms with Gasteiger partial charge in [-0.3, -0.25) is 4.90 Å². The predicted molar refractivity (Wildman–Crippen MR) is 69.3 cm³/mol. The molecule has 3 nitrogen and oxygen atoms in total. The lowest BCUT2D eigenvalue weighted by Crippen LogP contribution is -2.44. The molecule has 2 atom stereocenters. The molecule has 1 aromatic carbocycles. The van der Waals surface area contributed by atoms with Gasteiger partial charge in [-0.2, -0.15) is 5.26 Å². The zero-order valence-corrected chi connectivity index (χ0v) is 10.8. The fraction of sp³-hybridized carbons (Fsp3) is 0.533. The van der Waals surface area contributed by atoms with Crippen molar-refractivity contribution in [2.24, 2.45) is 0 Å². The predicted octanol–water partition coefficient (Wildman–Crippen LogP) is 2.51. The monoisotopic (exact) mass is 260 g/mol. The van der Waals surface area contributed by atoms with Crippen molar-refractivity contribution in [2.45, 2.75) is 37.8 Å². The van der Waals surface area contributed by atoms with E-state index in [4.69, 9.17) is 10.00 Å². The number of nitrogens with zero attached hydrogens (tertiary/aromatic N) is 2. The number of hydrogen-bond acceptors (Lipinski definition) is 3. The van der Waals surface area contributed by atoms with Gasteiger partial charge in [-0.15, -0.1) is 0 Å². The maximum absolute atomic E-state index is 13.2. The van der Waals surface area contributed by atoms with Gasteiger partial charge in [-0.25, -0.2) is 4.39 Å². The molecular formula is C15H17FN2O. The molecule has 4 heteroatoms. The average molecular weight is 260 g/mol. The van der Waals surface area contributed by atoms with E-state index in [2.05, 4.69) is 11.0 Å². The normalized spacial score (nSPS) is 26.5. The second-order valence-electron chi connectivity index (χ2n) is 5.33. The Hall–Kier alpha value is -1.60. The standard InChI is InChI=1S/C15H17FN2O/c16-12-4-5-15-11(7-12)8-14(19-15)10-18-6-2-1-3-13(18)9-17/h4-5,7,13-14H,1-3,6,8,10H2. The summed E-state index contributed by atoms with van der Waals surface area (Å²) in [5, 5.41) is 9.16.